The van der Waals surface area contributed by atoms with Crippen LogP contribution in [-0.4, -0.2) is 38.2 Å². The highest BCUT2D eigenvalue weighted by atomic mass is 32.1. The van der Waals surface area contributed by atoms with Gasteiger partial charge in [-0.25, -0.2) is 4.68 Å². The Bertz CT molecular complexity index is 760. The zero-order valence-electron chi connectivity index (χ0n) is 14.3. The number of thiophene rings is 1. The van der Waals surface area contributed by atoms with Crippen LogP contribution in [0.4, 0.5) is 0 Å². The largest absolute Gasteiger partial charge is 0.289 e. The molecule has 130 valence electrons. The van der Waals surface area contributed by atoms with Gasteiger partial charge in [0.25, 0.3) is 0 Å². The number of aromatic nitrogens is 4. The van der Waals surface area contributed by atoms with Gasteiger partial charge in [0, 0.05) is 4.88 Å². The summed E-state index contributed by atoms with van der Waals surface area (Å²) in [5, 5.41) is 14.9. The first-order valence-corrected chi connectivity index (χ1v) is 9.87. The van der Waals surface area contributed by atoms with Crippen molar-refractivity contribution in [2.75, 3.05) is 13.1 Å². The molecule has 1 fully saturated rings. The Kier molecular flexibility index (Phi) is 5.18. The predicted octanol–water partition coefficient (Wildman–Crippen LogP) is 3.75. The first-order valence-electron chi connectivity index (χ1n) is 8.99. The Morgan fingerprint density at radius 1 is 0.960 bits per heavy atom. The van der Waals surface area contributed by atoms with E-state index in [9.17, 15) is 0 Å². The van der Waals surface area contributed by atoms with E-state index in [1.54, 1.807) is 11.3 Å². The fourth-order valence-electron chi connectivity index (χ4n) is 3.55. The van der Waals surface area contributed by atoms with E-state index < -0.39 is 0 Å². The molecule has 0 amide bonds. The summed E-state index contributed by atoms with van der Waals surface area (Å²) in [4.78, 5) is 3.89. The van der Waals surface area contributed by atoms with E-state index in [0.29, 0.717) is 6.54 Å². The number of rotatable bonds is 5. The summed E-state index contributed by atoms with van der Waals surface area (Å²) in [6.45, 7) is 2.93. The first-order chi connectivity index (χ1) is 12.4. The molecule has 5 nitrogen and oxygen atoms in total. The molecule has 3 aromatic rings. The third kappa shape index (κ3) is 3.80. The van der Waals surface area contributed by atoms with Crippen molar-refractivity contribution in [2.45, 2.75) is 38.3 Å². The predicted molar refractivity (Wildman–Crippen MR) is 99.6 cm³/mol. The van der Waals surface area contributed by atoms with Crippen LogP contribution in [0.3, 0.4) is 0 Å². The third-order valence-corrected chi connectivity index (χ3v) is 5.72. The van der Waals surface area contributed by atoms with Crippen molar-refractivity contribution in [1.82, 2.24) is 25.1 Å². The Morgan fingerprint density at radius 3 is 2.48 bits per heavy atom. The number of benzene rings is 1. The van der Waals surface area contributed by atoms with Gasteiger partial charge in [0.1, 0.15) is 6.04 Å². The number of likely N-dealkylation sites (tertiary alicyclic amines) is 1. The molecule has 0 N–H and O–H groups in total. The smallest absolute Gasteiger partial charge is 0.174 e. The van der Waals surface area contributed by atoms with Crippen molar-refractivity contribution in [3.8, 4) is 0 Å². The summed E-state index contributed by atoms with van der Waals surface area (Å²) >= 11 is 1.79. The van der Waals surface area contributed by atoms with Crippen molar-refractivity contribution in [3.05, 3.63) is 64.1 Å². The second-order valence-corrected chi connectivity index (χ2v) is 7.53. The van der Waals surface area contributed by atoms with Gasteiger partial charge in [-0.05, 0) is 53.4 Å². The minimum Gasteiger partial charge on any atom is -0.289 e. The second-order valence-electron chi connectivity index (χ2n) is 6.55. The molecule has 25 heavy (non-hydrogen) atoms. The minimum absolute atomic E-state index is 0.150. The van der Waals surface area contributed by atoms with Crippen molar-refractivity contribution in [2.24, 2.45) is 0 Å². The SMILES string of the molecule is c1ccc(Cn2nnnc2[C@H](c2cccs2)N2CCCCCC2)cc1. The van der Waals surface area contributed by atoms with Gasteiger partial charge in [0.2, 0.25) is 0 Å². The Hall–Kier alpha value is -2.05. The monoisotopic (exact) mass is 353 g/mol. The molecule has 1 aliphatic rings. The van der Waals surface area contributed by atoms with Crippen LogP contribution in [0.2, 0.25) is 0 Å². The van der Waals surface area contributed by atoms with Gasteiger partial charge in [0.05, 0.1) is 6.54 Å². The third-order valence-electron chi connectivity index (χ3n) is 4.80. The van der Waals surface area contributed by atoms with Gasteiger partial charge in [0.15, 0.2) is 5.82 Å². The summed E-state index contributed by atoms with van der Waals surface area (Å²) < 4.78 is 1.96. The van der Waals surface area contributed by atoms with Gasteiger partial charge in [-0.2, -0.15) is 0 Å². The summed E-state index contributed by atoms with van der Waals surface area (Å²) in [6.07, 6.45) is 5.15. The van der Waals surface area contributed by atoms with E-state index in [4.69, 9.17) is 0 Å². The highest BCUT2D eigenvalue weighted by molar-refractivity contribution is 7.10. The van der Waals surface area contributed by atoms with E-state index in [-0.39, 0.29) is 6.04 Å². The van der Waals surface area contributed by atoms with Crippen LogP contribution in [-0.2, 0) is 6.54 Å². The normalized spacial score (nSPS) is 17.3. The van der Waals surface area contributed by atoms with Crippen LogP contribution in [0.5, 0.6) is 0 Å². The molecule has 0 aliphatic carbocycles. The average Bonchev–Trinajstić information content (AvgIpc) is 3.25. The maximum absolute atomic E-state index is 4.44. The maximum atomic E-state index is 4.44. The topological polar surface area (TPSA) is 46.8 Å². The quantitative estimate of drug-likeness (QED) is 0.701. The molecule has 1 aromatic carbocycles. The van der Waals surface area contributed by atoms with E-state index >= 15 is 0 Å². The number of hydrogen-bond acceptors (Lipinski definition) is 5. The minimum atomic E-state index is 0.150. The average molecular weight is 353 g/mol. The molecule has 0 saturated carbocycles. The lowest BCUT2D eigenvalue weighted by atomic mass is 10.1. The lowest BCUT2D eigenvalue weighted by Crippen LogP contribution is -2.32. The zero-order valence-corrected chi connectivity index (χ0v) is 15.1. The number of nitrogens with zero attached hydrogens (tertiary/aromatic N) is 5. The molecule has 6 heteroatoms. The van der Waals surface area contributed by atoms with E-state index in [1.165, 1.54) is 36.1 Å². The molecule has 0 bridgehead atoms. The molecule has 0 radical (unpaired) electrons. The molecule has 0 spiro atoms. The molecule has 4 rings (SSSR count). The Labute approximate surface area is 152 Å². The summed E-state index contributed by atoms with van der Waals surface area (Å²) in [5.74, 6) is 0.952. The molecule has 1 saturated heterocycles. The van der Waals surface area contributed by atoms with Crippen molar-refractivity contribution < 1.29 is 0 Å². The van der Waals surface area contributed by atoms with Crippen LogP contribution >= 0.6 is 11.3 Å². The van der Waals surface area contributed by atoms with Gasteiger partial charge in [-0.3, -0.25) is 4.90 Å². The van der Waals surface area contributed by atoms with Crippen LogP contribution in [0.1, 0.15) is 48.0 Å². The van der Waals surface area contributed by atoms with Crippen LogP contribution in [0, 0.1) is 0 Å². The molecular weight excluding hydrogens is 330 g/mol. The lowest BCUT2D eigenvalue weighted by molar-refractivity contribution is 0.224. The standard InChI is InChI=1S/C19H23N5S/c1-2-7-13-23(12-6-1)18(17-11-8-14-25-17)19-20-21-22-24(19)15-16-9-4-3-5-10-16/h3-5,8-11,14,18H,1-2,6-7,12-13,15H2/t18-/m0/s1. The molecule has 1 atom stereocenters. The number of hydrogen-bond donors (Lipinski definition) is 0. The van der Waals surface area contributed by atoms with Crippen LogP contribution in [0.25, 0.3) is 0 Å². The fraction of sp³-hybridized carbons (Fsp3) is 0.421. The summed E-state index contributed by atoms with van der Waals surface area (Å²) in [6, 6.07) is 14.9. The van der Waals surface area contributed by atoms with E-state index in [0.717, 1.165) is 18.9 Å². The zero-order chi connectivity index (χ0) is 16.9. The summed E-state index contributed by atoms with van der Waals surface area (Å²) in [5.41, 5.74) is 1.22. The highest BCUT2D eigenvalue weighted by Gasteiger charge is 2.29. The van der Waals surface area contributed by atoms with Gasteiger partial charge in [-0.1, -0.05) is 49.2 Å². The van der Waals surface area contributed by atoms with Crippen molar-refractivity contribution >= 4 is 11.3 Å². The van der Waals surface area contributed by atoms with Gasteiger partial charge < -0.3 is 0 Å². The highest BCUT2D eigenvalue weighted by Crippen LogP contribution is 2.32. The first kappa shape index (κ1) is 16.4. The second kappa shape index (κ2) is 7.89. The van der Waals surface area contributed by atoms with Crippen LogP contribution < -0.4 is 0 Å². The van der Waals surface area contributed by atoms with E-state index in [1.807, 2.05) is 10.7 Å². The Morgan fingerprint density at radius 2 is 1.76 bits per heavy atom. The lowest BCUT2D eigenvalue weighted by Gasteiger charge is -2.29. The molecule has 1 aliphatic heterocycles. The molecule has 3 heterocycles. The Balaban J connectivity index is 1.67. The molecule has 0 unspecified atom stereocenters. The van der Waals surface area contributed by atoms with Gasteiger partial charge in [-0.15, -0.1) is 16.4 Å². The van der Waals surface area contributed by atoms with Crippen LogP contribution in [0.15, 0.2) is 47.8 Å². The summed E-state index contributed by atoms with van der Waals surface area (Å²) in [7, 11) is 0. The number of tetrazole rings is 1. The maximum Gasteiger partial charge on any atom is 0.174 e. The molecular formula is C19H23N5S. The van der Waals surface area contributed by atoms with Gasteiger partial charge >= 0.3 is 0 Å². The molecule has 2 aromatic heterocycles. The van der Waals surface area contributed by atoms with Crippen molar-refractivity contribution in [3.63, 3.8) is 0 Å². The fourth-order valence-corrected chi connectivity index (χ4v) is 4.40. The van der Waals surface area contributed by atoms with E-state index in [2.05, 4.69) is 62.2 Å². The van der Waals surface area contributed by atoms with Crippen molar-refractivity contribution in [1.29, 1.82) is 0 Å².